The zero-order chi connectivity index (χ0) is 21.8. The van der Waals surface area contributed by atoms with Crippen LogP contribution in [-0.2, 0) is 16.1 Å². The van der Waals surface area contributed by atoms with E-state index in [0.29, 0.717) is 5.56 Å². The number of halogens is 3. The van der Waals surface area contributed by atoms with Crippen LogP contribution in [0.25, 0.3) is 0 Å². The zero-order valence-electron chi connectivity index (χ0n) is 15.7. The van der Waals surface area contributed by atoms with E-state index in [0.717, 1.165) is 4.90 Å². The normalized spacial score (nSPS) is 27.6. The Hall–Kier alpha value is -2.79. The van der Waals surface area contributed by atoms with Crippen LogP contribution in [0.15, 0.2) is 18.2 Å². The lowest BCUT2D eigenvalue weighted by molar-refractivity contribution is -0.173. The van der Waals surface area contributed by atoms with E-state index in [1.807, 2.05) is 0 Å². The van der Waals surface area contributed by atoms with E-state index in [9.17, 15) is 32.3 Å². The van der Waals surface area contributed by atoms with Gasteiger partial charge in [-0.05, 0) is 18.1 Å². The first-order chi connectivity index (χ1) is 14.1. The van der Waals surface area contributed by atoms with Crippen LogP contribution in [0.1, 0.15) is 39.1 Å². The smallest absolute Gasteiger partial charge is 0.326 e. The highest BCUT2D eigenvalue weighted by molar-refractivity contribution is 6.24. The Balaban J connectivity index is 1.58. The van der Waals surface area contributed by atoms with Gasteiger partial charge in [0.05, 0.1) is 17.0 Å². The third-order valence-corrected chi connectivity index (χ3v) is 5.81. The Kier molecular flexibility index (Phi) is 4.89. The summed E-state index contributed by atoms with van der Waals surface area (Å²) in [5.41, 5.74) is 6.23. The molecule has 3 unspecified atom stereocenters. The minimum Gasteiger partial charge on any atom is -0.326 e. The number of carbonyl (C=O) groups excluding carboxylic acids is 4. The second-order valence-corrected chi connectivity index (χ2v) is 7.79. The van der Waals surface area contributed by atoms with Crippen molar-refractivity contribution in [2.45, 2.75) is 37.6 Å². The van der Waals surface area contributed by atoms with Gasteiger partial charge in [0.25, 0.3) is 11.8 Å². The molecule has 0 aliphatic carbocycles. The van der Waals surface area contributed by atoms with Gasteiger partial charge < -0.3 is 5.73 Å². The lowest BCUT2D eigenvalue weighted by atomic mass is 10.0. The molecule has 4 amide bonds. The fraction of sp³-hybridized carbons (Fsp3) is 0.474. The molecule has 11 heteroatoms. The van der Waals surface area contributed by atoms with Gasteiger partial charge in [0, 0.05) is 32.1 Å². The standard InChI is InChI=1S/C19H19F3N4O4/c20-19(21,22)11-7-25(8-12(11)23)6-9-2-1-3-10-15(9)18(30)26(17(10)29)13-4-5-14(27)24-16(13)28/h1-3,11-13H,4-8,23H2,(H,24,27,28). The summed E-state index contributed by atoms with van der Waals surface area (Å²) in [6.45, 7) is -0.272. The van der Waals surface area contributed by atoms with Crippen LogP contribution in [0.5, 0.6) is 0 Å². The number of nitrogens with zero attached hydrogens (tertiary/aromatic N) is 2. The molecule has 2 saturated heterocycles. The van der Waals surface area contributed by atoms with Crippen LogP contribution in [-0.4, -0.2) is 64.8 Å². The van der Waals surface area contributed by atoms with Crippen molar-refractivity contribution in [1.29, 1.82) is 0 Å². The van der Waals surface area contributed by atoms with Crippen LogP contribution in [0.2, 0.25) is 0 Å². The molecule has 1 aromatic carbocycles. The summed E-state index contributed by atoms with van der Waals surface area (Å²) >= 11 is 0. The summed E-state index contributed by atoms with van der Waals surface area (Å²) < 4.78 is 39.3. The molecule has 3 atom stereocenters. The van der Waals surface area contributed by atoms with Crippen LogP contribution in [0, 0.1) is 5.92 Å². The number of nitrogens with one attached hydrogen (secondary N) is 1. The van der Waals surface area contributed by atoms with Crippen molar-refractivity contribution < 1.29 is 32.3 Å². The van der Waals surface area contributed by atoms with Crippen molar-refractivity contribution >= 4 is 23.6 Å². The van der Waals surface area contributed by atoms with E-state index < -0.39 is 47.8 Å². The highest BCUT2D eigenvalue weighted by Gasteiger charge is 2.49. The lowest BCUT2D eigenvalue weighted by Crippen LogP contribution is -2.54. The molecule has 30 heavy (non-hydrogen) atoms. The average molecular weight is 424 g/mol. The van der Waals surface area contributed by atoms with Gasteiger partial charge in [-0.1, -0.05) is 12.1 Å². The molecular weight excluding hydrogens is 405 g/mol. The second kappa shape index (κ2) is 7.17. The van der Waals surface area contributed by atoms with E-state index in [1.165, 1.54) is 11.0 Å². The molecule has 8 nitrogen and oxygen atoms in total. The van der Waals surface area contributed by atoms with E-state index in [1.54, 1.807) is 12.1 Å². The minimum absolute atomic E-state index is 0.00116. The Bertz CT molecular complexity index is 948. The Morgan fingerprint density at radius 3 is 2.47 bits per heavy atom. The number of nitrogens with two attached hydrogens (primary N) is 1. The highest BCUT2D eigenvalue weighted by atomic mass is 19.4. The first-order valence-electron chi connectivity index (χ1n) is 9.46. The number of imide groups is 2. The van der Waals surface area contributed by atoms with Gasteiger partial charge in [0.2, 0.25) is 11.8 Å². The molecule has 0 radical (unpaired) electrons. The van der Waals surface area contributed by atoms with Crippen LogP contribution >= 0.6 is 0 Å². The van der Waals surface area contributed by atoms with Gasteiger partial charge in [0.15, 0.2) is 0 Å². The summed E-state index contributed by atoms with van der Waals surface area (Å²) in [6, 6.07) is 2.39. The maximum atomic E-state index is 13.1. The van der Waals surface area contributed by atoms with Crippen molar-refractivity contribution in [2.75, 3.05) is 13.1 Å². The summed E-state index contributed by atoms with van der Waals surface area (Å²) in [4.78, 5) is 51.7. The number of likely N-dealkylation sites (tertiary alicyclic amines) is 1. The Morgan fingerprint density at radius 1 is 1.10 bits per heavy atom. The van der Waals surface area contributed by atoms with Crippen LogP contribution in [0.4, 0.5) is 13.2 Å². The quantitative estimate of drug-likeness (QED) is 0.680. The molecule has 3 aliphatic rings. The van der Waals surface area contributed by atoms with Gasteiger partial charge >= 0.3 is 6.18 Å². The maximum Gasteiger partial charge on any atom is 0.394 e. The van der Waals surface area contributed by atoms with Crippen molar-refractivity contribution in [2.24, 2.45) is 11.7 Å². The number of rotatable bonds is 3. The number of hydrogen-bond acceptors (Lipinski definition) is 6. The Morgan fingerprint density at radius 2 is 1.83 bits per heavy atom. The van der Waals surface area contributed by atoms with Gasteiger partial charge in [0.1, 0.15) is 6.04 Å². The molecular formula is C19H19F3N4O4. The van der Waals surface area contributed by atoms with Crippen molar-refractivity contribution in [1.82, 2.24) is 15.1 Å². The van der Waals surface area contributed by atoms with Crippen molar-refractivity contribution in [3.63, 3.8) is 0 Å². The number of piperidine rings is 1. The van der Waals surface area contributed by atoms with Crippen molar-refractivity contribution in [3.05, 3.63) is 34.9 Å². The third-order valence-electron chi connectivity index (χ3n) is 5.81. The molecule has 3 heterocycles. The van der Waals surface area contributed by atoms with E-state index in [4.69, 9.17) is 5.73 Å². The minimum atomic E-state index is -4.42. The zero-order valence-corrected chi connectivity index (χ0v) is 15.7. The number of alkyl halides is 3. The largest absolute Gasteiger partial charge is 0.394 e. The molecule has 160 valence electrons. The van der Waals surface area contributed by atoms with Gasteiger partial charge in [-0.15, -0.1) is 0 Å². The van der Waals surface area contributed by atoms with Crippen molar-refractivity contribution in [3.8, 4) is 0 Å². The number of amides is 4. The number of fused-ring (bicyclic) bond motifs is 1. The average Bonchev–Trinajstić information content (AvgIpc) is 3.14. The molecule has 0 saturated carbocycles. The van der Waals surface area contributed by atoms with Gasteiger partial charge in [-0.2, -0.15) is 13.2 Å². The fourth-order valence-corrected chi connectivity index (χ4v) is 4.35. The molecule has 0 spiro atoms. The molecule has 2 fully saturated rings. The summed E-state index contributed by atoms with van der Waals surface area (Å²) in [6.07, 6.45) is -4.39. The molecule has 4 rings (SSSR count). The molecule has 3 aliphatic heterocycles. The number of benzene rings is 1. The second-order valence-electron chi connectivity index (χ2n) is 7.79. The topological polar surface area (TPSA) is 113 Å². The van der Waals surface area contributed by atoms with Gasteiger partial charge in [-0.3, -0.25) is 34.3 Å². The fourth-order valence-electron chi connectivity index (χ4n) is 4.35. The molecule has 1 aromatic rings. The first kappa shape index (κ1) is 20.5. The SMILES string of the molecule is NC1CN(Cc2cccc3c2C(=O)N(C2CCC(=O)NC2=O)C3=O)CC1C(F)(F)F. The molecule has 0 bridgehead atoms. The maximum absolute atomic E-state index is 13.1. The van der Waals surface area contributed by atoms with E-state index >= 15 is 0 Å². The van der Waals surface area contributed by atoms with Gasteiger partial charge in [-0.25, -0.2) is 0 Å². The van der Waals surface area contributed by atoms with E-state index in [-0.39, 0.29) is 43.6 Å². The monoisotopic (exact) mass is 424 g/mol. The molecule has 3 N–H and O–H groups in total. The molecule has 0 aromatic heterocycles. The number of carbonyl (C=O) groups is 4. The first-order valence-corrected chi connectivity index (χ1v) is 9.46. The summed E-state index contributed by atoms with van der Waals surface area (Å²) in [7, 11) is 0. The summed E-state index contributed by atoms with van der Waals surface area (Å²) in [5, 5.41) is 2.12. The van der Waals surface area contributed by atoms with E-state index in [2.05, 4.69) is 5.32 Å². The predicted octanol–water partition coefficient (Wildman–Crippen LogP) is 0.409. The predicted molar refractivity (Wildman–Crippen MR) is 95.9 cm³/mol. The van der Waals surface area contributed by atoms with Crippen LogP contribution in [0.3, 0.4) is 0 Å². The Labute approximate surface area is 169 Å². The third kappa shape index (κ3) is 3.37. The van der Waals surface area contributed by atoms with Crippen LogP contribution < -0.4 is 11.1 Å². The summed E-state index contributed by atoms with van der Waals surface area (Å²) in [5.74, 6) is -4.20. The highest BCUT2D eigenvalue weighted by Crippen LogP contribution is 2.35. The number of hydrogen-bond donors (Lipinski definition) is 2. The lowest BCUT2D eigenvalue weighted by Gasteiger charge is -2.28.